The molecule has 0 saturated heterocycles. The summed E-state index contributed by atoms with van der Waals surface area (Å²) in [5.41, 5.74) is -0.587. The Morgan fingerprint density at radius 3 is 1.42 bits per heavy atom. The molecule has 0 spiro atoms. The lowest BCUT2D eigenvalue weighted by atomic mass is 10.1. The fourth-order valence-corrected chi connectivity index (χ4v) is 2.23. The Bertz CT molecular complexity index is 795. The standard InChI is InChI=1S/C16H16N2O8/c1-7-13(23)9(3-19)11(5-21)15(17-7)25-26-16-12(6-22)10(4-20)14(24)8(2)18-16/h3-4,21-24H,5-6H2,1-2H3. The molecule has 2 aromatic rings. The van der Waals surface area contributed by atoms with Crippen molar-refractivity contribution in [3.63, 3.8) is 0 Å². The molecule has 10 nitrogen and oxygen atoms in total. The van der Waals surface area contributed by atoms with Crippen molar-refractivity contribution in [3.05, 3.63) is 33.6 Å². The van der Waals surface area contributed by atoms with Gasteiger partial charge in [-0.3, -0.25) is 19.4 Å². The lowest BCUT2D eigenvalue weighted by Gasteiger charge is -2.14. The highest BCUT2D eigenvalue weighted by Gasteiger charge is 2.22. The second kappa shape index (κ2) is 7.76. The molecule has 0 atom stereocenters. The Balaban J connectivity index is 2.47. The zero-order valence-electron chi connectivity index (χ0n) is 13.9. The maximum Gasteiger partial charge on any atom is 0.276 e. The van der Waals surface area contributed by atoms with Gasteiger partial charge >= 0.3 is 0 Å². The van der Waals surface area contributed by atoms with Crippen LogP contribution in [0.3, 0.4) is 0 Å². The highest BCUT2D eigenvalue weighted by Crippen LogP contribution is 2.32. The number of hydrogen-bond acceptors (Lipinski definition) is 10. The fourth-order valence-electron chi connectivity index (χ4n) is 2.23. The number of carbonyl (C=O) groups is 2. The summed E-state index contributed by atoms with van der Waals surface area (Å²) in [5, 5.41) is 38.5. The van der Waals surface area contributed by atoms with Gasteiger partial charge in [0.1, 0.15) is 11.5 Å². The molecule has 4 N–H and O–H groups in total. The lowest BCUT2D eigenvalue weighted by molar-refractivity contribution is -0.112. The normalized spacial score (nSPS) is 10.5. The van der Waals surface area contributed by atoms with Crippen molar-refractivity contribution in [1.29, 1.82) is 0 Å². The number of pyridine rings is 2. The van der Waals surface area contributed by atoms with E-state index in [4.69, 9.17) is 9.78 Å². The Kier molecular flexibility index (Phi) is 5.70. The van der Waals surface area contributed by atoms with Crippen LogP contribution in [0.2, 0.25) is 0 Å². The van der Waals surface area contributed by atoms with Crippen LogP contribution >= 0.6 is 0 Å². The van der Waals surface area contributed by atoms with Crippen molar-refractivity contribution in [1.82, 2.24) is 9.97 Å². The quantitative estimate of drug-likeness (QED) is 0.309. The molecule has 10 heteroatoms. The number of aliphatic hydroxyl groups is 2. The Labute approximate surface area is 147 Å². The Hall–Kier alpha value is -3.24. The first-order valence-corrected chi connectivity index (χ1v) is 7.30. The molecule has 0 unspecified atom stereocenters. The number of hydrogen-bond donors (Lipinski definition) is 4. The van der Waals surface area contributed by atoms with E-state index in [1.54, 1.807) is 0 Å². The highest BCUT2D eigenvalue weighted by atomic mass is 17.2. The van der Waals surface area contributed by atoms with Gasteiger partial charge in [-0.05, 0) is 13.8 Å². The van der Waals surface area contributed by atoms with E-state index >= 15 is 0 Å². The third-order valence-corrected chi connectivity index (χ3v) is 3.65. The summed E-state index contributed by atoms with van der Waals surface area (Å²) in [4.78, 5) is 40.1. The molecular weight excluding hydrogens is 348 g/mol. The molecule has 2 aromatic heterocycles. The van der Waals surface area contributed by atoms with Crippen LogP contribution in [0, 0.1) is 13.8 Å². The van der Waals surface area contributed by atoms with Crippen molar-refractivity contribution >= 4 is 12.6 Å². The van der Waals surface area contributed by atoms with Gasteiger partial charge in [-0.1, -0.05) is 0 Å². The number of aromatic nitrogens is 2. The van der Waals surface area contributed by atoms with E-state index < -0.39 is 24.7 Å². The molecule has 0 aliphatic rings. The summed E-state index contributed by atoms with van der Waals surface area (Å²) in [6.45, 7) is 1.45. The number of rotatable bonds is 7. The van der Waals surface area contributed by atoms with Gasteiger partial charge in [0, 0.05) is 0 Å². The molecule has 0 amide bonds. The first-order chi connectivity index (χ1) is 12.4. The molecule has 26 heavy (non-hydrogen) atoms. The maximum absolute atomic E-state index is 11.1. The minimum atomic E-state index is -0.678. The van der Waals surface area contributed by atoms with E-state index in [2.05, 4.69) is 9.97 Å². The molecule has 0 bridgehead atoms. The third kappa shape index (κ3) is 3.27. The zero-order chi connectivity index (χ0) is 19.4. The van der Waals surface area contributed by atoms with Gasteiger partial charge in [0.25, 0.3) is 11.8 Å². The average Bonchev–Trinajstić information content (AvgIpc) is 2.63. The Morgan fingerprint density at radius 1 is 0.808 bits per heavy atom. The summed E-state index contributed by atoms with van der Waals surface area (Å²) in [7, 11) is 0. The number of nitrogens with zero attached hydrogens (tertiary/aromatic N) is 2. The first-order valence-electron chi connectivity index (χ1n) is 7.30. The number of aliphatic hydroxyl groups excluding tert-OH is 2. The minimum absolute atomic E-state index is 0.0497. The van der Waals surface area contributed by atoms with Crippen LogP contribution in [0.1, 0.15) is 43.2 Å². The monoisotopic (exact) mass is 364 g/mol. The predicted octanol–water partition coefficient (Wildman–Crippen LogP) is 0.487. The molecule has 2 rings (SSSR count). The number of aldehydes is 2. The smallest absolute Gasteiger partial charge is 0.276 e. The van der Waals surface area contributed by atoms with E-state index in [-0.39, 0.29) is 45.4 Å². The second-order valence-electron chi connectivity index (χ2n) is 5.20. The van der Waals surface area contributed by atoms with Crippen molar-refractivity contribution in [2.45, 2.75) is 27.1 Å². The van der Waals surface area contributed by atoms with Crippen LogP contribution in [0.5, 0.6) is 23.3 Å². The molecule has 0 radical (unpaired) electrons. The summed E-state index contributed by atoms with van der Waals surface area (Å²) in [6, 6.07) is 0. The van der Waals surface area contributed by atoms with Crippen LogP contribution in [0.25, 0.3) is 0 Å². The van der Waals surface area contributed by atoms with Gasteiger partial charge < -0.3 is 20.4 Å². The molecule has 0 aliphatic heterocycles. The van der Waals surface area contributed by atoms with Crippen LogP contribution in [-0.4, -0.2) is 43.0 Å². The van der Waals surface area contributed by atoms with E-state index in [9.17, 15) is 30.0 Å². The van der Waals surface area contributed by atoms with Gasteiger partial charge in [0.15, 0.2) is 12.6 Å². The van der Waals surface area contributed by atoms with Gasteiger partial charge in [-0.25, -0.2) is 9.97 Å². The second-order valence-corrected chi connectivity index (χ2v) is 5.20. The van der Waals surface area contributed by atoms with Gasteiger partial charge in [0.05, 0.1) is 46.9 Å². The SMILES string of the molecule is Cc1nc(OOc2nc(C)c(O)c(C=O)c2CO)c(CO)c(C=O)c1O. The molecule has 138 valence electrons. The van der Waals surface area contributed by atoms with Gasteiger partial charge in [-0.2, -0.15) is 0 Å². The van der Waals surface area contributed by atoms with Crippen molar-refractivity contribution < 1.29 is 39.8 Å². The van der Waals surface area contributed by atoms with Crippen molar-refractivity contribution in [3.8, 4) is 23.3 Å². The van der Waals surface area contributed by atoms with E-state index in [1.807, 2.05) is 0 Å². The van der Waals surface area contributed by atoms with Crippen LogP contribution < -0.4 is 9.78 Å². The summed E-state index contributed by atoms with van der Waals surface area (Å²) >= 11 is 0. The van der Waals surface area contributed by atoms with Crippen LogP contribution in [0.15, 0.2) is 0 Å². The van der Waals surface area contributed by atoms with E-state index in [0.717, 1.165) is 0 Å². The molecule has 0 aliphatic carbocycles. The zero-order valence-corrected chi connectivity index (χ0v) is 13.9. The summed E-state index contributed by atoms with van der Waals surface area (Å²) < 4.78 is 0. The van der Waals surface area contributed by atoms with E-state index in [0.29, 0.717) is 12.6 Å². The van der Waals surface area contributed by atoms with Crippen molar-refractivity contribution in [2.75, 3.05) is 0 Å². The molecular formula is C16H16N2O8. The highest BCUT2D eigenvalue weighted by molar-refractivity contribution is 5.83. The molecule has 0 fully saturated rings. The number of aryl methyl sites for hydroxylation is 2. The number of aromatic hydroxyl groups is 2. The maximum atomic E-state index is 11.1. The molecule has 2 heterocycles. The molecule has 0 saturated carbocycles. The topological polar surface area (TPSA) is 159 Å². The third-order valence-electron chi connectivity index (χ3n) is 3.65. The Morgan fingerprint density at radius 2 is 1.15 bits per heavy atom. The summed E-state index contributed by atoms with van der Waals surface area (Å²) in [6.07, 6.45) is 0.657. The largest absolute Gasteiger partial charge is 0.505 e. The minimum Gasteiger partial charge on any atom is -0.505 e. The lowest BCUT2D eigenvalue weighted by Crippen LogP contribution is -2.12. The van der Waals surface area contributed by atoms with Crippen LogP contribution in [-0.2, 0) is 13.2 Å². The predicted molar refractivity (Wildman–Crippen MR) is 85.2 cm³/mol. The van der Waals surface area contributed by atoms with E-state index in [1.165, 1.54) is 13.8 Å². The molecule has 0 aromatic carbocycles. The van der Waals surface area contributed by atoms with Crippen molar-refractivity contribution in [2.24, 2.45) is 0 Å². The first kappa shape index (κ1) is 19.1. The average molecular weight is 364 g/mol. The van der Waals surface area contributed by atoms with Crippen LogP contribution in [0.4, 0.5) is 0 Å². The van der Waals surface area contributed by atoms with Gasteiger partial charge in [0.2, 0.25) is 0 Å². The summed E-state index contributed by atoms with van der Waals surface area (Å²) in [5.74, 6) is -1.44. The fraction of sp³-hybridized carbons (Fsp3) is 0.250. The number of carbonyl (C=O) groups excluding carboxylic acids is 2. The van der Waals surface area contributed by atoms with Gasteiger partial charge in [-0.15, -0.1) is 0 Å².